The van der Waals surface area contributed by atoms with Crippen molar-refractivity contribution in [2.75, 3.05) is 40.3 Å². The summed E-state index contributed by atoms with van der Waals surface area (Å²) in [6, 6.07) is 10.4. The number of aromatic nitrogens is 1. The number of ether oxygens (including phenoxy) is 1. The van der Waals surface area contributed by atoms with Crippen LogP contribution in [0.3, 0.4) is 0 Å². The predicted molar refractivity (Wildman–Crippen MR) is 110 cm³/mol. The first-order valence-corrected chi connectivity index (χ1v) is 10.3. The van der Waals surface area contributed by atoms with E-state index >= 15 is 0 Å². The predicted octanol–water partition coefficient (Wildman–Crippen LogP) is 2.41. The van der Waals surface area contributed by atoms with E-state index in [4.69, 9.17) is 9.26 Å². The summed E-state index contributed by atoms with van der Waals surface area (Å²) in [5, 5.41) is 3.88. The first kappa shape index (κ1) is 19.9. The second-order valence-corrected chi connectivity index (χ2v) is 8.39. The van der Waals surface area contributed by atoms with Gasteiger partial charge in [0.05, 0.1) is 11.7 Å². The maximum Gasteiger partial charge on any atom is 0.292 e. The van der Waals surface area contributed by atoms with E-state index in [2.05, 4.69) is 41.2 Å². The van der Waals surface area contributed by atoms with Crippen molar-refractivity contribution in [1.29, 1.82) is 0 Å². The molecule has 0 radical (unpaired) electrons. The van der Waals surface area contributed by atoms with Crippen molar-refractivity contribution >= 4 is 5.91 Å². The summed E-state index contributed by atoms with van der Waals surface area (Å²) in [7, 11) is 4.18. The topological polar surface area (TPSA) is 62.1 Å². The molecule has 1 aromatic carbocycles. The zero-order valence-electron chi connectivity index (χ0n) is 17.5. The number of carbonyl (C=O) groups is 1. The number of likely N-dealkylation sites (tertiary alicyclic amines) is 1. The lowest BCUT2D eigenvalue weighted by Crippen LogP contribution is -2.50. The van der Waals surface area contributed by atoms with Crippen LogP contribution in [0.25, 0.3) is 0 Å². The van der Waals surface area contributed by atoms with Crippen molar-refractivity contribution in [3.63, 3.8) is 0 Å². The van der Waals surface area contributed by atoms with Crippen molar-refractivity contribution in [2.24, 2.45) is 0 Å². The van der Waals surface area contributed by atoms with Gasteiger partial charge in [-0.1, -0.05) is 23.4 Å². The van der Waals surface area contributed by atoms with Gasteiger partial charge in [-0.05, 0) is 39.9 Å². The molecule has 0 unspecified atom stereocenters. The number of rotatable bonds is 5. The summed E-state index contributed by atoms with van der Waals surface area (Å²) in [6.45, 7) is 5.82. The first-order chi connectivity index (χ1) is 14.0. The third kappa shape index (κ3) is 4.46. The number of carbonyl (C=O) groups excluding carboxylic acids is 1. The van der Waals surface area contributed by atoms with Crippen LogP contribution >= 0.6 is 0 Å². The molecule has 7 nitrogen and oxygen atoms in total. The Morgan fingerprint density at radius 3 is 2.86 bits per heavy atom. The SMILES string of the molecule is Cc1cc(C(=O)N2CCC[C@H]2CN2Cc3ccccc3OC[C@@H]2CN(C)C)on1. The average Bonchev–Trinajstić information content (AvgIpc) is 3.30. The molecule has 1 saturated heterocycles. The van der Waals surface area contributed by atoms with Crippen LogP contribution in [0.1, 0.15) is 34.7 Å². The van der Waals surface area contributed by atoms with Gasteiger partial charge >= 0.3 is 0 Å². The molecular formula is C22H30N4O3. The summed E-state index contributed by atoms with van der Waals surface area (Å²) in [5.74, 6) is 1.25. The van der Waals surface area contributed by atoms with Crippen molar-refractivity contribution in [3.05, 3.63) is 47.3 Å². The minimum absolute atomic E-state index is 0.0521. The lowest BCUT2D eigenvalue weighted by Gasteiger charge is -2.35. The van der Waals surface area contributed by atoms with E-state index in [0.29, 0.717) is 12.4 Å². The molecule has 1 aromatic heterocycles. The fraction of sp³-hybridized carbons (Fsp3) is 0.545. The monoisotopic (exact) mass is 398 g/mol. The van der Waals surface area contributed by atoms with Crippen molar-refractivity contribution in [2.45, 2.75) is 38.4 Å². The highest BCUT2D eigenvalue weighted by Gasteiger charge is 2.35. The molecule has 1 fully saturated rings. The number of benzene rings is 1. The molecule has 29 heavy (non-hydrogen) atoms. The standard InChI is InChI=1S/C22H30N4O3/c1-16-11-21(29-23-16)22(27)26-10-6-8-18(26)14-25-12-17-7-4-5-9-20(17)28-15-19(25)13-24(2)3/h4-5,7,9,11,18-19H,6,8,10,12-15H2,1-3H3/t18-,19-/m0/s1. The van der Waals surface area contributed by atoms with E-state index in [0.717, 1.165) is 50.5 Å². The first-order valence-electron chi connectivity index (χ1n) is 10.3. The summed E-state index contributed by atoms with van der Waals surface area (Å²) in [5.41, 5.74) is 1.94. The van der Waals surface area contributed by atoms with Gasteiger partial charge in [-0.2, -0.15) is 0 Å². The molecule has 4 rings (SSSR count). The quantitative estimate of drug-likeness (QED) is 0.771. The molecule has 2 aliphatic heterocycles. The van der Waals surface area contributed by atoms with E-state index in [9.17, 15) is 4.79 Å². The Morgan fingerprint density at radius 2 is 2.10 bits per heavy atom. The number of likely N-dealkylation sites (N-methyl/N-ethyl adjacent to an activating group) is 1. The fourth-order valence-electron chi connectivity index (χ4n) is 4.39. The van der Waals surface area contributed by atoms with Crippen LogP contribution in [0.2, 0.25) is 0 Å². The van der Waals surface area contributed by atoms with Crippen LogP contribution in [-0.4, -0.2) is 78.2 Å². The molecule has 2 aliphatic rings. The second-order valence-electron chi connectivity index (χ2n) is 8.39. The molecule has 0 bridgehead atoms. The largest absolute Gasteiger partial charge is 0.492 e. The van der Waals surface area contributed by atoms with Crippen LogP contribution in [0, 0.1) is 6.92 Å². The van der Waals surface area contributed by atoms with Gasteiger partial charge in [0.1, 0.15) is 12.4 Å². The van der Waals surface area contributed by atoms with Gasteiger partial charge in [-0.25, -0.2) is 0 Å². The van der Waals surface area contributed by atoms with Gasteiger partial charge in [-0.15, -0.1) is 0 Å². The van der Waals surface area contributed by atoms with Crippen LogP contribution in [0.15, 0.2) is 34.9 Å². The number of aryl methyl sites for hydroxylation is 1. The highest BCUT2D eigenvalue weighted by atomic mass is 16.5. The summed E-state index contributed by atoms with van der Waals surface area (Å²) in [6.07, 6.45) is 2.02. The van der Waals surface area contributed by atoms with Crippen molar-refractivity contribution in [3.8, 4) is 5.75 Å². The number of hydrogen-bond acceptors (Lipinski definition) is 6. The maximum absolute atomic E-state index is 13.0. The Hall–Kier alpha value is -2.38. The van der Waals surface area contributed by atoms with E-state index in [1.54, 1.807) is 6.07 Å². The number of nitrogens with zero attached hydrogens (tertiary/aromatic N) is 4. The van der Waals surface area contributed by atoms with E-state index < -0.39 is 0 Å². The van der Waals surface area contributed by atoms with Crippen molar-refractivity contribution in [1.82, 2.24) is 19.9 Å². The zero-order chi connectivity index (χ0) is 20.4. The highest BCUT2D eigenvalue weighted by Crippen LogP contribution is 2.28. The summed E-state index contributed by atoms with van der Waals surface area (Å²) >= 11 is 0. The molecule has 0 spiro atoms. The number of fused-ring (bicyclic) bond motifs is 1. The zero-order valence-corrected chi connectivity index (χ0v) is 17.5. The average molecular weight is 399 g/mol. The van der Waals surface area contributed by atoms with Gasteiger partial charge in [0.2, 0.25) is 5.76 Å². The number of amides is 1. The highest BCUT2D eigenvalue weighted by molar-refractivity contribution is 5.91. The molecule has 156 valence electrons. The molecule has 2 atom stereocenters. The fourth-order valence-corrected chi connectivity index (χ4v) is 4.39. The Kier molecular flexibility index (Phi) is 5.87. The molecule has 1 amide bonds. The molecular weight excluding hydrogens is 368 g/mol. The van der Waals surface area contributed by atoms with Crippen LogP contribution in [-0.2, 0) is 6.54 Å². The minimum Gasteiger partial charge on any atom is -0.492 e. The van der Waals surface area contributed by atoms with Gasteiger partial charge in [0.15, 0.2) is 0 Å². The number of hydrogen-bond donors (Lipinski definition) is 0. The Balaban J connectivity index is 1.53. The van der Waals surface area contributed by atoms with Crippen LogP contribution < -0.4 is 4.74 Å². The van der Waals surface area contributed by atoms with E-state index in [1.807, 2.05) is 24.0 Å². The van der Waals surface area contributed by atoms with Gasteiger partial charge in [0, 0.05) is 43.9 Å². The third-order valence-electron chi connectivity index (χ3n) is 5.79. The number of para-hydroxylation sites is 1. The Bertz CT molecular complexity index is 850. The maximum atomic E-state index is 13.0. The summed E-state index contributed by atoms with van der Waals surface area (Å²) < 4.78 is 11.4. The molecule has 3 heterocycles. The lowest BCUT2D eigenvalue weighted by atomic mass is 10.1. The van der Waals surface area contributed by atoms with E-state index in [-0.39, 0.29) is 18.0 Å². The Labute approximate surface area is 172 Å². The molecule has 0 N–H and O–H groups in total. The normalized spacial score (nSPS) is 22.4. The van der Waals surface area contributed by atoms with Crippen LogP contribution in [0.4, 0.5) is 0 Å². The lowest BCUT2D eigenvalue weighted by molar-refractivity contribution is 0.0583. The molecule has 2 aromatic rings. The van der Waals surface area contributed by atoms with Gasteiger partial charge in [0.25, 0.3) is 5.91 Å². The van der Waals surface area contributed by atoms with E-state index in [1.165, 1.54) is 5.56 Å². The van der Waals surface area contributed by atoms with Gasteiger partial charge < -0.3 is 19.1 Å². The molecule has 0 aliphatic carbocycles. The Morgan fingerprint density at radius 1 is 1.28 bits per heavy atom. The smallest absolute Gasteiger partial charge is 0.292 e. The third-order valence-corrected chi connectivity index (χ3v) is 5.79. The van der Waals surface area contributed by atoms with Crippen LogP contribution in [0.5, 0.6) is 5.75 Å². The molecule has 0 saturated carbocycles. The van der Waals surface area contributed by atoms with Crippen molar-refractivity contribution < 1.29 is 14.1 Å². The second kappa shape index (κ2) is 8.55. The summed E-state index contributed by atoms with van der Waals surface area (Å²) in [4.78, 5) is 19.6. The van der Waals surface area contributed by atoms with Gasteiger partial charge in [-0.3, -0.25) is 9.69 Å². The molecule has 7 heteroatoms. The minimum atomic E-state index is -0.0521.